The van der Waals surface area contributed by atoms with Crippen molar-refractivity contribution < 1.29 is 28.7 Å². The molecule has 1 aromatic carbocycles. The van der Waals surface area contributed by atoms with E-state index in [1.165, 1.54) is 0 Å². The van der Waals surface area contributed by atoms with Gasteiger partial charge in [0.15, 0.2) is 23.4 Å². The van der Waals surface area contributed by atoms with Crippen LogP contribution in [-0.4, -0.2) is 78.7 Å². The number of β-amino-alcohol motifs (C(OH)–C–C–N with tert-alkyl or cyclic N) is 1. The monoisotopic (exact) mass is 611 g/mol. The van der Waals surface area contributed by atoms with E-state index >= 15 is 0 Å². The van der Waals surface area contributed by atoms with Crippen molar-refractivity contribution in [3.05, 3.63) is 52.9 Å². The molecule has 2 aromatic heterocycles. The summed E-state index contributed by atoms with van der Waals surface area (Å²) in [5, 5.41) is 20.7. The lowest BCUT2D eigenvalue weighted by Crippen LogP contribution is -2.60. The summed E-state index contributed by atoms with van der Waals surface area (Å²) in [5.41, 5.74) is 2.48. The van der Waals surface area contributed by atoms with E-state index in [0.717, 1.165) is 21.7 Å². The normalized spacial score (nSPS) is 21.7. The highest BCUT2D eigenvalue weighted by Gasteiger charge is 2.52. The van der Waals surface area contributed by atoms with Crippen molar-refractivity contribution in [2.75, 3.05) is 38.8 Å². The van der Waals surface area contributed by atoms with Gasteiger partial charge in [0.1, 0.15) is 5.76 Å². The maximum absolute atomic E-state index is 13.9. The fourth-order valence-electron chi connectivity index (χ4n) is 5.93. The molecule has 0 bridgehead atoms. The first-order chi connectivity index (χ1) is 20.5. The topological polar surface area (TPSA) is 139 Å². The van der Waals surface area contributed by atoms with E-state index in [9.17, 15) is 14.7 Å². The lowest BCUT2D eigenvalue weighted by Gasteiger charge is -2.41. The molecule has 2 aliphatic rings. The van der Waals surface area contributed by atoms with Crippen LogP contribution >= 0.6 is 11.3 Å². The van der Waals surface area contributed by atoms with Crippen LogP contribution in [-0.2, 0) is 24.5 Å². The molecule has 1 unspecified atom stereocenters. The zero-order valence-electron chi connectivity index (χ0n) is 25.5. The summed E-state index contributed by atoms with van der Waals surface area (Å²) in [6, 6.07) is 9.47. The van der Waals surface area contributed by atoms with Gasteiger partial charge >= 0.3 is 0 Å². The fourth-order valence-corrected chi connectivity index (χ4v) is 6.75. The average Bonchev–Trinajstić information content (AvgIpc) is 3.71. The van der Waals surface area contributed by atoms with E-state index in [1.54, 1.807) is 25.6 Å². The number of rotatable bonds is 12. The van der Waals surface area contributed by atoms with Crippen LogP contribution in [0.2, 0.25) is 0 Å². The van der Waals surface area contributed by atoms with E-state index in [-0.39, 0.29) is 43.4 Å². The van der Waals surface area contributed by atoms with Gasteiger partial charge in [-0.05, 0) is 25.0 Å². The third-order valence-corrected chi connectivity index (χ3v) is 9.64. The van der Waals surface area contributed by atoms with Crippen molar-refractivity contribution in [1.82, 2.24) is 20.8 Å². The third kappa shape index (κ3) is 6.25. The number of thiazole rings is 1. The van der Waals surface area contributed by atoms with Gasteiger partial charge in [-0.2, -0.15) is 0 Å². The number of methoxy groups -OCH3 is 2. The molecule has 0 saturated carbocycles. The summed E-state index contributed by atoms with van der Waals surface area (Å²) >= 11 is 1.59. The van der Waals surface area contributed by atoms with Crippen LogP contribution in [0.5, 0.6) is 0 Å². The Kier molecular flexibility index (Phi) is 9.05. The van der Waals surface area contributed by atoms with Crippen LogP contribution in [0.1, 0.15) is 56.7 Å². The lowest BCUT2D eigenvalue weighted by molar-refractivity contribution is -0.142. The summed E-state index contributed by atoms with van der Waals surface area (Å²) < 4.78 is 16.4. The van der Waals surface area contributed by atoms with Crippen LogP contribution in [0.4, 0.5) is 5.82 Å². The Balaban J connectivity index is 1.25. The minimum atomic E-state index is -1.55. The van der Waals surface area contributed by atoms with Gasteiger partial charge in [0.25, 0.3) is 0 Å². The second kappa shape index (κ2) is 12.4. The number of hydrogen-bond acceptors (Lipinski definition) is 11. The highest BCUT2D eigenvalue weighted by Crippen LogP contribution is 2.36. The average molecular weight is 612 g/mol. The molecule has 3 aromatic rings. The van der Waals surface area contributed by atoms with Gasteiger partial charge < -0.3 is 29.3 Å². The molecular weight excluding hydrogens is 570 g/mol. The second-order valence-electron chi connectivity index (χ2n) is 12.3. The molecule has 2 fully saturated rings. The maximum Gasteiger partial charge on any atom is 0.248 e. The minimum absolute atomic E-state index is 0.00104. The molecule has 3 atom stereocenters. The molecule has 232 valence electrons. The second-order valence-corrected chi connectivity index (χ2v) is 13.1. The third-order valence-electron chi connectivity index (χ3n) is 8.66. The summed E-state index contributed by atoms with van der Waals surface area (Å²) in [6.45, 7) is 9.24. The lowest BCUT2D eigenvalue weighted by atomic mass is 9.77. The number of Topliss-reactive ketones (excluding diaryl/α,β-unsaturated/α-hetero) is 1. The number of ketones is 1. The number of ether oxygens (including phenoxy) is 2. The quantitative estimate of drug-likeness (QED) is 0.206. The molecule has 3 N–H and O–H groups in total. The number of amides is 1. The number of aromatic nitrogens is 2. The number of nitrogens with zero attached hydrogens (tertiary/aromatic N) is 3. The molecule has 5 rings (SSSR count). The van der Waals surface area contributed by atoms with Gasteiger partial charge in [0, 0.05) is 64.1 Å². The molecule has 0 radical (unpaired) electrons. The zero-order valence-corrected chi connectivity index (χ0v) is 26.4. The molecule has 0 aliphatic carbocycles. The summed E-state index contributed by atoms with van der Waals surface area (Å²) in [7, 11) is 3.25. The van der Waals surface area contributed by atoms with Gasteiger partial charge in [-0.1, -0.05) is 43.3 Å². The van der Waals surface area contributed by atoms with Crippen molar-refractivity contribution in [2.24, 2.45) is 5.92 Å². The largest absolute Gasteiger partial charge is 0.392 e. The first-order valence-electron chi connectivity index (χ1n) is 14.5. The molecule has 0 spiro atoms. The number of anilines is 1. The number of benzene rings is 1. The van der Waals surface area contributed by atoms with E-state index in [0.29, 0.717) is 24.7 Å². The number of carbonyl (C=O) groups excluding carboxylic acids is 2. The molecule has 2 aliphatic heterocycles. The van der Waals surface area contributed by atoms with Crippen molar-refractivity contribution in [2.45, 2.75) is 69.9 Å². The smallest absolute Gasteiger partial charge is 0.248 e. The van der Waals surface area contributed by atoms with Crippen LogP contribution < -0.4 is 15.5 Å². The Hall–Kier alpha value is -3.16. The molecular formula is C31H41N5O6S. The number of aryl methyl sites for hydroxylation is 1. The van der Waals surface area contributed by atoms with Crippen molar-refractivity contribution in [3.8, 4) is 10.4 Å². The SMILES string of the molecule is COC(OC)C1CN(c2cc(C(C)(C)CC(=O)[C@]3(C(=O)N[C@@H](C)c4ccc(-c5scnc5C)cc4)CC(O)CN3)on2)C1. The summed E-state index contributed by atoms with van der Waals surface area (Å²) in [6.07, 6.45) is -1.07. The van der Waals surface area contributed by atoms with E-state index < -0.39 is 23.0 Å². The van der Waals surface area contributed by atoms with Gasteiger partial charge in [0.05, 0.1) is 28.2 Å². The van der Waals surface area contributed by atoms with Gasteiger partial charge in [-0.25, -0.2) is 4.98 Å². The van der Waals surface area contributed by atoms with E-state index in [1.807, 2.05) is 63.5 Å². The van der Waals surface area contributed by atoms with Crippen LogP contribution in [0, 0.1) is 12.8 Å². The Morgan fingerprint density at radius 3 is 2.53 bits per heavy atom. The molecule has 1 amide bonds. The Morgan fingerprint density at radius 2 is 1.95 bits per heavy atom. The van der Waals surface area contributed by atoms with E-state index in [2.05, 4.69) is 25.7 Å². The van der Waals surface area contributed by atoms with Crippen molar-refractivity contribution in [3.63, 3.8) is 0 Å². The number of nitrogens with one attached hydrogen (secondary N) is 2. The van der Waals surface area contributed by atoms with Gasteiger partial charge in [-0.3, -0.25) is 14.9 Å². The summed E-state index contributed by atoms with van der Waals surface area (Å²) in [4.78, 5) is 35.2. The van der Waals surface area contributed by atoms with Crippen LogP contribution in [0.3, 0.4) is 0 Å². The van der Waals surface area contributed by atoms with Crippen molar-refractivity contribution in [1.29, 1.82) is 0 Å². The Bertz CT molecular complexity index is 1430. The molecule has 2 saturated heterocycles. The summed E-state index contributed by atoms with van der Waals surface area (Å²) in [5.74, 6) is 0.707. The molecule has 11 nitrogen and oxygen atoms in total. The van der Waals surface area contributed by atoms with E-state index in [4.69, 9.17) is 14.0 Å². The van der Waals surface area contributed by atoms with Gasteiger partial charge in [-0.15, -0.1) is 11.3 Å². The van der Waals surface area contributed by atoms with Crippen LogP contribution in [0.25, 0.3) is 10.4 Å². The standard InChI is InChI=1S/C31H41N5O6S/c1-18(20-7-9-21(10-8-20)27-19(2)32-17-43-27)34-29(39)31(12-23(37)14-33-31)24(38)13-30(3,4)25-11-26(35-42-25)36-15-22(16-36)28(40-5)41-6/h7-11,17-18,22-23,28,33,37H,12-16H2,1-6H3,(H,34,39)/t18-,23?,31-/m0/s1. The fraction of sp³-hybridized carbons (Fsp3) is 0.548. The predicted octanol–water partition coefficient (Wildman–Crippen LogP) is 3.37. The van der Waals surface area contributed by atoms with Crippen LogP contribution in [0.15, 0.2) is 40.4 Å². The first kappa shape index (κ1) is 31.3. The Labute approximate surface area is 255 Å². The molecule has 43 heavy (non-hydrogen) atoms. The molecule has 12 heteroatoms. The highest BCUT2D eigenvalue weighted by molar-refractivity contribution is 7.13. The van der Waals surface area contributed by atoms with Gasteiger partial charge in [0.2, 0.25) is 5.91 Å². The zero-order chi connectivity index (χ0) is 30.9. The number of carbonyl (C=O) groups is 2. The minimum Gasteiger partial charge on any atom is -0.392 e. The maximum atomic E-state index is 13.9. The Morgan fingerprint density at radius 1 is 1.26 bits per heavy atom. The highest BCUT2D eigenvalue weighted by atomic mass is 32.1. The number of aliphatic hydroxyl groups is 1. The molecule has 4 heterocycles. The number of aliphatic hydroxyl groups excluding tert-OH is 1. The first-order valence-corrected chi connectivity index (χ1v) is 15.4. The number of hydrogen-bond donors (Lipinski definition) is 3. The predicted molar refractivity (Wildman–Crippen MR) is 163 cm³/mol. The van der Waals surface area contributed by atoms with Crippen molar-refractivity contribution >= 4 is 28.8 Å².